The first-order chi connectivity index (χ1) is 11.6. The highest BCUT2D eigenvalue weighted by Gasteiger charge is 2.05. The summed E-state index contributed by atoms with van der Waals surface area (Å²) in [6.45, 7) is 1.59. The number of hydrogen-bond donors (Lipinski definition) is 2. The first kappa shape index (κ1) is 17.9. The van der Waals surface area contributed by atoms with E-state index in [1.54, 1.807) is 18.3 Å². The number of pyridine rings is 1. The van der Waals surface area contributed by atoms with E-state index in [-0.39, 0.29) is 18.7 Å². The van der Waals surface area contributed by atoms with Crippen LogP contribution in [-0.4, -0.2) is 39.0 Å². The van der Waals surface area contributed by atoms with Crippen molar-refractivity contribution in [3.05, 3.63) is 67.3 Å². The molecule has 2 N–H and O–H groups in total. The summed E-state index contributed by atoms with van der Waals surface area (Å²) in [6, 6.07) is 4.63. The lowest BCUT2D eigenvalue weighted by Crippen LogP contribution is -2.32. The number of unbranched alkanes of at least 4 members (excludes halogenated alkanes) is 1. The Hall–Kier alpha value is -2.45. The second kappa shape index (κ2) is 8.99. The van der Waals surface area contributed by atoms with Gasteiger partial charge in [0.05, 0.1) is 13.2 Å². The molecule has 0 atom stereocenters. The zero-order chi connectivity index (χ0) is 17.4. The molecule has 24 heavy (non-hydrogen) atoms. The van der Waals surface area contributed by atoms with E-state index in [1.807, 2.05) is 0 Å². The zero-order valence-corrected chi connectivity index (χ0v) is 13.3. The van der Waals surface area contributed by atoms with E-state index in [0.717, 1.165) is 6.42 Å². The maximum absolute atomic E-state index is 12.4. The number of rotatable bonds is 9. The van der Waals surface area contributed by atoms with Gasteiger partial charge in [0.15, 0.2) is 0 Å². The van der Waals surface area contributed by atoms with Gasteiger partial charge in [0, 0.05) is 43.8 Å². The van der Waals surface area contributed by atoms with Crippen molar-refractivity contribution >= 4 is 0 Å². The predicted molar refractivity (Wildman–Crippen MR) is 88.3 cm³/mol. The Labute approximate surface area is 138 Å². The van der Waals surface area contributed by atoms with Crippen molar-refractivity contribution < 1.29 is 9.84 Å². The minimum absolute atomic E-state index is 0.0899. The molecule has 0 unspecified atom stereocenters. The molecule has 0 saturated heterocycles. The third kappa shape index (κ3) is 5.04. The van der Waals surface area contributed by atoms with Crippen LogP contribution in [0, 0.1) is 0 Å². The minimum Gasteiger partial charge on any atom is -0.396 e. The van der Waals surface area contributed by atoms with Gasteiger partial charge in [0.25, 0.3) is 11.1 Å². The molecule has 0 radical (unpaired) electrons. The molecule has 2 heterocycles. The predicted octanol–water partition coefficient (Wildman–Crippen LogP) is -0.464. The van der Waals surface area contributed by atoms with Crippen LogP contribution in [0.1, 0.15) is 18.4 Å². The molecule has 0 spiro atoms. The normalized spacial score (nSPS) is 10.9. The Balaban J connectivity index is 2.01. The molecular weight excluding hydrogens is 314 g/mol. The van der Waals surface area contributed by atoms with E-state index >= 15 is 0 Å². The van der Waals surface area contributed by atoms with Crippen LogP contribution in [0.2, 0.25) is 0 Å². The molecule has 0 fully saturated rings. The number of aromatic amines is 1. The van der Waals surface area contributed by atoms with Gasteiger partial charge < -0.3 is 14.4 Å². The van der Waals surface area contributed by atoms with Crippen LogP contribution in [0.25, 0.3) is 0 Å². The largest absolute Gasteiger partial charge is 0.396 e. The molecule has 8 heteroatoms. The van der Waals surface area contributed by atoms with Crippen LogP contribution in [-0.2, 0) is 17.8 Å². The monoisotopic (exact) mass is 335 g/mol. The molecule has 2 aromatic rings. The maximum Gasteiger partial charge on any atom is 0.328 e. The second-order valence-electron chi connectivity index (χ2n) is 5.31. The number of hydrogen-bond acceptors (Lipinski definition) is 5. The van der Waals surface area contributed by atoms with E-state index in [1.165, 1.54) is 21.4 Å². The molecule has 0 amide bonds. The Morgan fingerprint density at radius 1 is 1.04 bits per heavy atom. The summed E-state index contributed by atoms with van der Waals surface area (Å²) in [4.78, 5) is 37.3. The number of aliphatic hydroxyl groups excluding tert-OH is 1. The summed E-state index contributed by atoms with van der Waals surface area (Å²) in [5, 5.41) is 8.68. The Morgan fingerprint density at radius 3 is 2.62 bits per heavy atom. The molecule has 0 saturated carbocycles. The first-order valence-electron chi connectivity index (χ1n) is 7.78. The Kier molecular flexibility index (Phi) is 6.71. The molecule has 0 aliphatic rings. The average Bonchev–Trinajstić information content (AvgIpc) is 2.56. The third-order valence-corrected chi connectivity index (χ3v) is 3.51. The van der Waals surface area contributed by atoms with E-state index in [9.17, 15) is 14.4 Å². The summed E-state index contributed by atoms with van der Waals surface area (Å²) < 4.78 is 8.22. The fourth-order valence-electron chi connectivity index (χ4n) is 2.22. The van der Waals surface area contributed by atoms with Gasteiger partial charge >= 0.3 is 5.69 Å². The number of H-pyrrole nitrogens is 1. The number of nitrogens with one attached hydrogen (secondary N) is 1. The van der Waals surface area contributed by atoms with E-state index in [2.05, 4.69) is 4.98 Å². The highest BCUT2D eigenvalue weighted by atomic mass is 16.5. The molecule has 2 rings (SSSR count). The molecule has 2 aromatic heterocycles. The van der Waals surface area contributed by atoms with Gasteiger partial charge in [-0.05, 0) is 18.9 Å². The van der Waals surface area contributed by atoms with Crippen LogP contribution in [0.3, 0.4) is 0 Å². The smallest absolute Gasteiger partial charge is 0.328 e. The number of nitrogens with zero attached hydrogens (tertiary/aromatic N) is 2. The van der Waals surface area contributed by atoms with Gasteiger partial charge in [-0.3, -0.25) is 19.1 Å². The Bertz CT molecular complexity index is 821. The molecule has 0 aliphatic heterocycles. The standard InChI is InChI=1S/C16H21N3O5/c20-9-1-2-10-24-11-8-18-6-3-4-13(15(18)22)12-19-7-5-14(21)17-16(19)23/h3-7,20H,1-2,8-12H2,(H,17,21,23). The van der Waals surface area contributed by atoms with Crippen molar-refractivity contribution in [3.63, 3.8) is 0 Å². The molecule has 130 valence electrons. The molecule has 0 aromatic carbocycles. The first-order valence-corrected chi connectivity index (χ1v) is 7.78. The number of aliphatic hydroxyl groups is 1. The van der Waals surface area contributed by atoms with Gasteiger partial charge in [-0.15, -0.1) is 0 Å². The van der Waals surface area contributed by atoms with Crippen molar-refractivity contribution in [1.82, 2.24) is 14.1 Å². The van der Waals surface area contributed by atoms with E-state index in [0.29, 0.717) is 31.7 Å². The van der Waals surface area contributed by atoms with Gasteiger partial charge in [-0.25, -0.2) is 4.79 Å². The van der Waals surface area contributed by atoms with Crippen LogP contribution in [0.4, 0.5) is 0 Å². The summed E-state index contributed by atoms with van der Waals surface area (Å²) in [5.41, 5.74) is -0.772. The quantitative estimate of drug-likeness (QED) is 0.603. The van der Waals surface area contributed by atoms with Crippen LogP contribution < -0.4 is 16.8 Å². The molecular formula is C16H21N3O5. The highest BCUT2D eigenvalue weighted by molar-refractivity contribution is 5.11. The number of ether oxygens (including phenoxy) is 1. The van der Waals surface area contributed by atoms with Crippen molar-refractivity contribution in [2.24, 2.45) is 0 Å². The van der Waals surface area contributed by atoms with Crippen LogP contribution >= 0.6 is 0 Å². The van der Waals surface area contributed by atoms with Crippen LogP contribution in [0.15, 0.2) is 45.0 Å². The second-order valence-corrected chi connectivity index (χ2v) is 5.31. The van der Waals surface area contributed by atoms with Crippen molar-refractivity contribution in [1.29, 1.82) is 0 Å². The topological polar surface area (TPSA) is 106 Å². The van der Waals surface area contributed by atoms with Crippen molar-refractivity contribution in [2.45, 2.75) is 25.9 Å². The highest BCUT2D eigenvalue weighted by Crippen LogP contribution is 1.96. The summed E-state index contributed by atoms with van der Waals surface area (Å²) >= 11 is 0. The number of aromatic nitrogens is 3. The minimum atomic E-state index is -0.551. The van der Waals surface area contributed by atoms with Crippen molar-refractivity contribution in [3.8, 4) is 0 Å². The summed E-state index contributed by atoms with van der Waals surface area (Å²) in [6.07, 6.45) is 4.50. The lowest BCUT2D eigenvalue weighted by molar-refractivity contribution is 0.117. The van der Waals surface area contributed by atoms with E-state index < -0.39 is 11.2 Å². The Morgan fingerprint density at radius 2 is 1.88 bits per heavy atom. The molecule has 8 nitrogen and oxygen atoms in total. The third-order valence-electron chi connectivity index (χ3n) is 3.51. The van der Waals surface area contributed by atoms with Crippen molar-refractivity contribution in [2.75, 3.05) is 19.8 Å². The fraction of sp³-hybridized carbons (Fsp3) is 0.438. The van der Waals surface area contributed by atoms with Gasteiger partial charge in [-0.1, -0.05) is 6.07 Å². The summed E-state index contributed by atoms with van der Waals surface area (Å²) in [5.74, 6) is 0. The zero-order valence-electron chi connectivity index (χ0n) is 13.3. The lowest BCUT2D eigenvalue weighted by atomic mass is 10.2. The SMILES string of the molecule is O=c1ccn(Cc2cccn(CCOCCCCO)c2=O)c(=O)[nH]1. The fourth-order valence-corrected chi connectivity index (χ4v) is 2.22. The molecule has 0 aliphatic carbocycles. The average molecular weight is 335 g/mol. The van der Waals surface area contributed by atoms with Gasteiger partial charge in [-0.2, -0.15) is 0 Å². The van der Waals surface area contributed by atoms with E-state index in [4.69, 9.17) is 9.84 Å². The summed E-state index contributed by atoms with van der Waals surface area (Å²) in [7, 11) is 0. The van der Waals surface area contributed by atoms with Crippen LogP contribution in [0.5, 0.6) is 0 Å². The lowest BCUT2D eigenvalue weighted by Gasteiger charge is -2.09. The maximum atomic E-state index is 12.4. The molecule has 0 bridgehead atoms. The van der Waals surface area contributed by atoms with Gasteiger partial charge in [0.1, 0.15) is 0 Å². The van der Waals surface area contributed by atoms with Gasteiger partial charge in [0.2, 0.25) is 0 Å².